The Morgan fingerprint density at radius 2 is 2.29 bits per heavy atom. The van der Waals surface area contributed by atoms with Gasteiger partial charge in [0.1, 0.15) is 5.75 Å². The Morgan fingerprint density at radius 1 is 1.52 bits per heavy atom. The van der Waals surface area contributed by atoms with Crippen molar-refractivity contribution < 1.29 is 14.6 Å². The molecule has 0 spiro atoms. The Morgan fingerprint density at radius 3 is 2.90 bits per heavy atom. The number of hydrogen-bond donors (Lipinski definition) is 1. The summed E-state index contributed by atoms with van der Waals surface area (Å²) in [7, 11) is 1.62. The van der Waals surface area contributed by atoms with Crippen molar-refractivity contribution in [2.75, 3.05) is 20.2 Å². The van der Waals surface area contributed by atoms with Crippen LogP contribution in [0, 0.1) is 12.8 Å². The molecule has 2 unspecified atom stereocenters. The fraction of sp³-hybridized carbons (Fsp3) is 0.471. The van der Waals surface area contributed by atoms with Crippen LogP contribution in [-0.2, 0) is 4.79 Å². The van der Waals surface area contributed by atoms with E-state index in [-0.39, 0.29) is 17.9 Å². The Labute approximate surface area is 126 Å². The highest BCUT2D eigenvalue weighted by Gasteiger charge is 2.27. The van der Waals surface area contributed by atoms with Gasteiger partial charge < -0.3 is 14.7 Å². The number of hydrogen-bond acceptors (Lipinski definition) is 3. The highest BCUT2D eigenvalue weighted by Crippen LogP contribution is 2.22. The molecule has 0 aliphatic carbocycles. The first-order valence-electron chi connectivity index (χ1n) is 7.31. The average Bonchev–Trinajstić information content (AvgIpc) is 2.95. The van der Waals surface area contributed by atoms with Gasteiger partial charge in [0.25, 0.3) is 0 Å². The molecule has 2 rings (SSSR count). The molecule has 4 nitrogen and oxygen atoms in total. The lowest BCUT2D eigenvalue weighted by molar-refractivity contribution is -0.125. The van der Waals surface area contributed by atoms with Crippen molar-refractivity contribution in [2.24, 2.45) is 5.92 Å². The number of methoxy groups -OCH3 is 1. The van der Waals surface area contributed by atoms with E-state index in [1.807, 2.05) is 25.1 Å². The third-order valence-electron chi connectivity index (χ3n) is 4.01. The maximum absolute atomic E-state index is 12.2. The maximum atomic E-state index is 12.2. The van der Waals surface area contributed by atoms with Gasteiger partial charge in [-0.1, -0.05) is 11.6 Å². The largest absolute Gasteiger partial charge is 0.496 e. The van der Waals surface area contributed by atoms with E-state index in [1.54, 1.807) is 31.1 Å². The van der Waals surface area contributed by atoms with Crippen molar-refractivity contribution in [1.82, 2.24) is 4.90 Å². The Hall–Kier alpha value is -1.81. The molecule has 2 atom stereocenters. The van der Waals surface area contributed by atoms with E-state index < -0.39 is 0 Å². The van der Waals surface area contributed by atoms with E-state index in [9.17, 15) is 9.90 Å². The molecule has 1 fully saturated rings. The number of aliphatic hydroxyl groups excluding tert-OH is 1. The van der Waals surface area contributed by atoms with Crippen molar-refractivity contribution in [1.29, 1.82) is 0 Å². The number of likely N-dealkylation sites (tertiary alicyclic amines) is 1. The maximum Gasteiger partial charge on any atom is 0.246 e. The molecule has 1 N–H and O–H groups in total. The monoisotopic (exact) mass is 289 g/mol. The summed E-state index contributed by atoms with van der Waals surface area (Å²) in [6, 6.07) is 5.87. The zero-order valence-corrected chi connectivity index (χ0v) is 12.9. The van der Waals surface area contributed by atoms with E-state index in [0.717, 1.165) is 23.3 Å². The van der Waals surface area contributed by atoms with Crippen LogP contribution in [-0.4, -0.2) is 42.2 Å². The lowest BCUT2D eigenvalue weighted by atomic mass is 10.0. The summed E-state index contributed by atoms with van der Waals surface area (Å²) in [6.07, 6.45) is 3.89. The number of aliphatic hydroxyl groups is 1. The van der Waals surface area contributed by atoms with E-state index in [2.05, 4.69) is 0 Å². The van der Waals surface area contributed by atoms with Gasteiger partial charge in [-0.3, -0.25) is 4.79 Å². The van der Waals surface area contributed by atoms with Gasteiger partial charge in [0, 0.05) is 30.6 Å². The first-order valence-corrected chi connectivity index (χ1v) is 7.31. The molecule has 4 heteroatoms. The van der Waals surface area contributed by atoms with Crippen LogP contribution in [0.25, 0.3) is 6.08 Å². The van der Waals surface area contributed by atoms with Crippen LogP contribution in [0.2, 0.25) is 0 Å². The van der Waals surface area contributed by atoms with Crippen molar-refractivity contribution in [2.45, 2.75) is 26.4 Å². The van der Waals surface area contributed by atoms with Crippen LogP contribution in [0.15, 0.2) is 24.3 Å². The number of benzene rings is 1. The lowest BCUT2D eigenvalue weighted by Gasteiger charge is -2.16. The van der Waals surface area contributed by atoms with Crippen LogP contribution >= 0.6 is 0 Å². The van der Waals surface area contributed by atoms with Crippen LogP contribution in [0.1, 0.15) is 24.5 Å². The number of amides is 1. The average molecular weight is 289 g/mol. The van der Waals surface area contributed by atoms with Gasteiger partial charge in [0.05, 0.1) is 13.2 Å². The summed E-state index contributed by atoms with van der Waals surface area (Å²) >= 11 is 0. The molecule has 1 aromatic rings. The van der Waals surface area contributed by atoms with Gasteiger partial charge in [-0.25, -0.2) is 0 Å². The molecule has 21 heavy (non-hydrogen) atoms. The summed E-state index contributed by atoms with van der Waals surface area (Å²) in [4.78, 5) is 14.0. The topological polar surface area (TPSA) is 49.8 Å². The number of carbonyl (C=O) groups excluding carboxylic acids is 1. The molecular formula is C17H23NO3. The van der Waals surface area contributed by atoms with Gasteiger partial charge >= 0.3 is 0 Å². The fourth-order valence-corrected chi connectivity index (χ4v) is 2.63. The van der Waals surface area contributed by atoms with Crippen LogP contribution in [0.4, 0.5) is 0 Å². The Kier molecular flexibility index (Phi) is 5.02. The van der Waals surface area contributed by atoms with Crippen molar-refractivity contribution in [3.63, 3.8) is 0 Å². The molecular weight excluding hydrogens is 266 g/mol. The van der Waals surface area contributed by atoms with Crippen molar-refractivity contribution in [3.8, 4) is 5.75 Å². The molecule has 0 aromatic heterocycles. The number of ether oxygens (including phenoxy) is 1. The molecule has 1 amide bonds. The van der Waals surface area contributed by atoms with E-state index in [1.165, 1.54) is 0 Å². The SMILES string of the molecule is COc1ccc(C)cc1/C=C/C(=O)N1CCC(C(C)O)C1. The highest BCUT2D eigenvalue weighted by atomic mass is 16.5. The van der Waals surface area contributed by atoms with Crippen LogP contribution in [0.5, 0.6) is 5.75 Å². The molecule has 1 aromatic carbocycles. The highest BCUT2D eigenvalue weighted by molar-refractivity contribution is 5.92. The Bertz CT molecular complexity index is 537. The van der Waals surface area contributed by atoms with E-state index in [0.29, 0.717) is 13.1 Å². The van der Waals surface area contributed by atoms with Gasteiger partial charge in [-0.2, -0.15) is 0 Å². The van der Waals surface area contributed by atoms with Gasteiger partial charge in [0.15, 0.2) is 0 Å². The summed E-state index contributed by atoms with van der Waals surface area (Å²) in [6.45, 7) is 5.13. The second-order valence-electron chi connectivity index (χ2n) is 5.65. The smallest absolute Gasteiger partial charge is 0.246 e. The fourth-order valence-electron chi connectivity index (χ4n) is 2.63. The normalized spacial score (nSPS) is 20.0. The van der Waals surface area contributed by atoms with Gasteiger partial charge in [-0.05, 0) is 38.5 Å². The zero-order chi connectivity index (χ0) is 15.4. The molecule has 0 saturated carbocycles. The molecule has 1 saturated heterocycles. The Balaban J connectivity index is 2.04. The van der Waals surface area contributed by atoms with Crippen molar-refractivity contribution in [3.05, 3.63) is 35.4 Å². The molecule has 114 valence electrons. The second kappa shape index (κ2) is 6.76. The summed E-state index contributed by atoms with van der Waals surface area (Å²) < 4.78 is 5.30. The van der Waals surface area contributed by atoms with Gasteiger partial charge in [0.2, 0.25) is 5.91 Å². The van der Waals surface area contributed by atoms with E-state index in [4.69, 9.17) is 4.74 Å². The third-order valence-corrected chi connectivity index (χ3v) is 4.01. The number of carbonyl (C=O) groups is 1. The molecule has 0 radical (unpaired) electrons. The van der Waals surface area contributed by atoms with E-state index >= 15 is 0 Å². The quantitative estimate of drug-likeness (QED) is 0.865. The minimum atomic E-state index is -0.358. The molecule has 1 heterocycles. The first kappa shape index (κ1) is 15.6. The lowest BCUT2D eigenvalue weighted by Crippen LogP contribution is -2.28. The molecule has 1 aliphatic heterocycles. The number of rotatable bonds is 4. The zero-order valence-electron chi connectivity index (χ0n) is 12.9. The number of aryl methyl sites for hydroxylation is 1. The minimum Gasteiger partial charge on any atom is -0.496 e. The van der Waals surface area contributed by atoms with Gasteiger partial charge in [-0.15, -0.1) is 0 Å². The first-order chi connectivity index (χ1) is 10.0. The standard InChI is InChI=1S/C17H23NO3/c1-12-4-6-16(21-3)14(10-12)5-7-17(20)18-9-8-15(11-18)13(2)19/h4-7,10,13,15,19H,8-9,11H2,1-3H3/b7-5+. The summed E-state index contributed by atoms with van der Waals surface area (Å²) in [5, 5.41) is 9.59. The molecule has 0 bridgehead atoms. The number of nitrogens with zero attached hydrogens (tertiary/aromatic N) is 1. The summed E-state index contributed by atoms with van der Waals surface area (Å²) in [5.74, 6) is 0.936. The van der Waals surface area contributed by atoms with Crippen molar-refractivity contribution >= 4 is 12.0 Å². The predicted molar refractivity (Wildman–Crippen MR) is 83.1 cm³/mol. The second-order valence-corrected chi connectivity index (χ2v) is 5.65. The third kappa shape index (κ3) is 3.85. The minimum absolute atomic E-state index is 0.0123. The van der Waals surface area contributed by atoms with Crippen LogP contribution < -0.4 is 4.74 Å². The predicted octanol–water partition coefficient (Wildman–Crippen LogP) is 2.25. The molecule has 1 aliphatic rings. The van der Waals surface area contributed by atoms with Crippen LogP contribution in [0.3, 0.4) is 0 Å². The summed E-state index contributed by atoms with van der Waals surface area (Å²) in [5.41, 5.74) is 2.02.